The molecule has 0 aliphatic carbocycles. The molecule has 152 valence electrons. The van der Waals surface area contributed by atoms with E-state index in [0.717, 1.165) is 0 Å². The highest BCUT2D eigenvalue weighted by molar-refractivity contribution is 6.16. The van der Waals surface area contributed by atoms with Crippen LogP contribution >= 0.6 is 0 Å². The Morgan fingerprint density at radius 1 is 0.793 bits per heavy atom. The van der Waals surface area contributed by atoms with Gasteiger partial charge >= 0.3 is 0 Å². The van der Waals surface area contributed by atoms with Crippen molar-refractivity contribution in [2.24, 2.45) is 5.41 Å². The van der Waals surface area contributed by atoms with Crippen molar-refractivity contribution in [3.05, 3.63) is 59.7 Å². The standard InChI is InChI=1S/C23H24O6/c1-23(2,21(26)11-7-15-5-9-17(24)19(13-15)28-3)22(27)12-8-16-6-10-18(25)20(14-16)29-4/h5-14,24-25H,1-4H3/b11-7+,12-8+. The van der Waals surface area contributed by atoms with Crippen molar-refractivity contribution < 1.29 is 29.3 Å². The number of hydrogen-bond acceptors (Lipinski definition) is 6. The van der Waals surface area contributed by atoms with Crippen LogP contribution in [0.15, 0.2) is 48.6 Å². The molecule has 6 nitrogen and oxygen atoms in total. The lowest BCUT2D eigenvalue weighted by Gasteiger charge is -2.17. The van der Waals surface area contributed by atoms with Gasteiger partial charge in [-0.2, -0.15) is 0 Å². The summed E-state index contributed by atoms with van der Waals surface area (Å²) in [5.41, 5.74) is 0.0561. The highest BCUT2D eigenvalue weighted by Crippen LogP contribution is 2.28. The molecule has 0 amide bonds. The van der Waals surface area contributed by atoms with Gasteiger partial charge in [0.2, 0.25) is 0 Å². The second kappa shape index (κ2) is 9.10. The molecule has 2 rings (SSSR count). The largest absolute Gasteiger partial charge is 0.504 e. The Kier molecular flexibility index (Phi) is 6.83. The average Bonchev–Trinajstić information content (AvgIpc) is 2.71. The van der Waals surface area contributed by atoms with Crippen LogP contribution in [0.2, 0.25) is 0 Å². The molecule has 0 atom stereocenters. The molecule has 2 aromatic carbocycles. The molecule has 0 fully saturated rings. The fourth-order valence-electron chi connectivity index (χ4n) is 2.48. The first kappa shape index (κ1) is 21.8. The zero-order valence-corrected chi connectivity index (χ0v) is 16.8. The van der Waals surface area contributed by atoms with Crippen molar-refractivity contribution in [3.63, 3.8) is 0 Å². The van der Waals surface area contributed by atoms with Crippen molar-refractivity contribution in [2.75, 3.05) is 14.2 Å². The number of ketones is 2. The monoisotopic (exact) mass is 396 g/mol. The van der Waals surface area contributed by atoms with Crippen LogP contribution in [-0.2, 0) is 9.59 Å². The number of allylic oxidation sites excluding steroid dienone is 2. The van der Waals surface area contributed by atoms with E-state index in [1.807, 2.05) is 0 Å². The predicted molar refractivity (Wildman–Crippen MR) is 111 cm³/mol. The van der Waals surface area contributed by atoms with Gasteiger partial charge in [-0.1, -0.05) is 24.3 Å². The molecular formula is C23H24O6. The number of carbonyl (C=O) groups excluding carboxylic acids is 2. The molecule has 29 heavy (non-hydrogen) atoms. The summed E-state index contributed by atoms with van der Waals surface area (Å²) in [4.78, 5) is 25.2. The quantitative estimate of drug-likeness (QED) is 0.517. The lowest BCUT2D eigenvalue weighted by Crippen LogP contribution is -2.30. The van der Waals surface area contributed by atoms with Crippen LogP contribution in [-0.4, -0.2) is 36.0 Å². The van der Waals surface area contributed by atoms with E-state index in [1.165, 1.54) is 38.5 Å². The van der Waals surface area contributed by atoms with Crippen molar-refractivity contribution in [2.45, 2.75) is 13.8 Å². The summed E-state index contributed by atoms with van der Waals surface area (Å²) in [6.07, 6.45) is 5.80. The van der Waals surface area contributed by atoms with E-state index >= 15 is 0 Å². The van der Waals surface area contributed by atoms with Crippen LogP contribution in [0.4, 0.5) is 0 Å². The number of aromatic hydroxyl groups is 2. The molecule has 0 heterocycles. The summed E-state index contributed by atoms with van der Waals surface area (Å²) in [5.74, 6) is -0.126. The second-order valence-electron chi connectivity index (χ2n) is 6.88. The van der Waals surface area contributed by atoms with Gasteiger partial charge in [-0.3, -0.25) is 9.59 Å². The van der Waals surface area contributed by atoms with Crippen LogP contribution in [0.1, 0.15) is 25.0 Å². The summed E-state index contributed by atoms with van der Waals surface area (Å²) in [6, 6.07) is 9.38. The average molecular weight is 396 g/mol. The Morgan fingerprint density at radius 3 is 1.52 bits per heavy atom. The van der Waals surface area contributed by atoms with Gasteiger partial charge in [0.15, 0.2) is 34.6 Å². The van der Waals surface area contributed by atoms with Gasteiger partial charge in [0.05, 0.1) is 19.6 Å². The Hall–Kier alpha value is -3.54. The third-order valence-electron chi connectivity index (χ3n) is 4.49. The van der Waals surface area contributed by atoms with E-state index in [2.05, 4.69) is 0 Å². The zero-order valence-electron chi connectivity index (χ0n) is 16.8. The Morgan fingerprint density at radius 2 is 1.17 bits per heavy atom. The van der Waals surface area contributed by atoms with Crippen LogP contribution < -0.4 is 9.47 Å². The number of benzene rings is 2. The van der Waals surface area contributed by atoms with Crippen molar-refractivity contribution >= 4 is 23.7 Å². The number of phenolic OH excluding ortho intramolecular Hbond substituents is 2. The van der Waals surface area contributed by atoms with Crippen LogP contribution in [0.5, 0.6) is 23.0 Å². The van der Waals surface area contributed by atoms with E-state index in [1.54, 1.807) is 50.3 Å². The number of hydrogen-bond donors (Lipinski definition) is 2. The van der Waals surface area contributed by atoms with Crippen LogP contribution in [0.25, 0.3) is 12.2 Å². The fraction of sp³-hybridized carbons (Fsp3) is 0.217. The fourth-order valence-corrected chi connectivity index (χ4v) is 2.48. The topological polar surface area (TPSA) is 93.1 Å². The van der Waals surface area contributed by atoms with Crippen LogP contribution in [0, 0.1) is 5.41 Å². The minimum Gasteiger partial charge on any atom is -0.504 e. The smallest absolute Gasteiger partial charge is 0.169 e. The maximum atomic E-state index is 12.6. The highest BCUT2D eigenvalue weighted by Gasteiger charge is 2.32. The molecule has 0 radical (unpaired) electrons. The molecule has 0 unspecified atom stereocenters. The van der Waals surface area contributed by atoms with Crippen molar-refractivity contribution in [1.82, 2.24) is 0 Å². The van der Waals surface area contributed by atoms with Gasteiger partial charge in [0.25, 0.3) is 0 Å². The van der Waals surface area contributed by atoms with Gasteiger partial charge in [0.1, 0.15) is 0 Å². The first-order chi connectivity index (χ1) is 13.7. The van der Waals surface area contributed by atoms with Gasteiger partial charge in [-0.15, -0.1) is 0 Å². The molecule has 0 spiro atoms. The van der Waals surface area contributed by atoms with E-state index < -0.39 is 5.41 Å². The number of carbonyl (C=O) groups is 2. The summed E-state index contributed by atoms with van der Waals surface area (Å²) in [6.45, 7) is 3.11. The minimum atomic E-state index is -1.25. The highest BCUT2D eigenvalue weighted by atomic mass is 16.5. The first-order valence-electron chi connectivity index (χ1n) is 8.88. The zero-order chi connectivity index (χ0) is 21.6. The molecule has 0 aromatic heterocycles. The third kappa shape index (κ3) is 5.25. The maximum Gasteiger partial charge on any atom is 0.169 e. The SMILES string of the molecule is COc1cc(/C=C/C(=O)C(C)(C)C(=O)/C=C/c2ccc(O)c(OC)c2)ccc1O. The van der Waals surface area contributed by atoms with Crippen molar-refractivity contribution in [1.29, 1.82) is 0 Å². The number of rotatable bonds is 8. The Balaban J connectivity index is 2.14. The first-order valence-corrected chi connectivity index (χ1v) is 8.88. The van der Waals surface area contributed by atoms with Crippen LogP contribution in [0.3, 0.4) is 0 Å². The Bertz CT molecular complexity index is 892. The van der Waals surface area contributed by atoms with E-state index in [-0.39, 0.29) is 23.1 Å². The van der Waals surface area contributed by atoms with E-state index in [0.29, 0.717) is 22.6 Å². The molecule has 0 bridgehead atoms. The van der Waals surface area contributed by atoms with Gasteiger partial charge in [0, 0.05) is 0 Å². The normalized spacial score (nSPS) is 11.7. The molecule has 0 aliphatic heterocycles. The third-order valence-corrected chi connectivity index (χ3v) is 4.49. The summed E-state index contributed by atoms with van der Waals surface area (Å²) >= 11 is 0. The second-order valence-corrected chi connectivity index (χ2v) is 6.88. The number of phenols is 2. The number of methoxy groups -OCH3 is 2. The molecule has 0 aliphatic rings. The molecule has 2 N–H and O–H groups in total. The summed E-state index contributed by atoms with van der Waals surface area (Å²) in [5, 5.41) is 19.3. The predicted octanol–water partition coefficient (Wildman–Crippen LogP) is 4.01. The van der Waals surface area contributed by atoms with E-state index in [4.69, 9.17) is 9.47 Å². The molecule has 0 saturated carbocycles. The molecule has 0 saturated heterocycles. The molecule has 6 heteroatoms. The molecular weight excluding hydrogens is 372 g/mol. The van der Waals surface area contributed by atoms with Crippen molar-refractivity contribution in [3.8, 4) is 23.0 Å². The van der Waals surface area contributed by atoms with Gasteiger partial charge < -0.3 is 19.7 Å². The van der Waals surface area contributed by atoms with E-state index in [9.17, 15) is 19.8 Å². The maximum absolute atomic E-state index is 12.6. The number of ether oxygens (including phenoxy) is 2. The lowest BCUT2D eigenvalue weighted by molar-refractivity contribution is -0.132. The lowest BCUT2D eigenvalue weighted by atomic mass is 9.82. The van der Waals surface area contributed by atoms with Gasteiger partial charge in [-0.25, -0.2) is 0 Å². The minimum absolute atomic E-state index is 0.00230. The Labute approximate surface area is 169 Å². The van der Waals surface area contributed by atoms with Gasteiger partial charge in [-0.05, 0) is 61.4 Å². The summed E-state index contributed by atoms with van der Waals surface area (Å²) < 4.78 is 10.1. The summed E-state index contributed by atoms with van der Waals surface area (Å²) in [7, 11) is 2.87. The molecule has 2 aromatic rings.